The Morgan fingerprint density at radius 3 is 2.52 bits per heavy atom. The molecule has 0 aliphatic rings. The minimum atomic E-state index is -0.515. The van der Waals surface area contributed by atoms with E-state index in [9.17, 15) is 9.59 Å². The number of benzene rings is 1. The van der Waals surface area contributed by atoms with Gasteiger partial charge in [-0.15, -0.1) is 0 Å². The summed E-state index contributed by atoms with van der Waals surface area (Å²) in [5.74, 6) is 0.226. The summed E-state index contributed by atoms with van der Waals surface area (Å²) in [6.07, 6.45) is 0.261. The molecule has 0 saturated heterocycles. The summed E-state index contributed by atoms with van der Waals surface area (Å²) in [5.41, 5.74) is 0.693. The minimum absolute atomic E-state index is 0.0234. The number of esters is 1. The van der Waals surface area contributed by atoms with E-state index in [1.807, 2.05) is 6.07 Å². The lowest BCUT2D eigenvalue weighted by Gasteiger charge is -2.15. The lowest BCUT2D eigenvalue weighted by molar-refractivity contribution is -0.150. The van der Waals surface area contributed by atoms with Crippen molar-refractivity contribution < 1.29 is 23.8 Å². The van der Waals surface area contributed by atoms with Gasteiger partial charge in [0.15, 0.2) is 18.1 Å². The zero-order valence-corrected chi connectivity index (χ0v) is 13.5. The van der Waals surface area contributed by atoms with Gasteiger partial charge < -0.3 is 19.1 Å². The van der Waals surface area contributed by atoms with Crippen LogP contribution < -0.4 is 9.47 Å². The maximum Gasteiger partial charge on any atom is 0.310 e. The summed E-state index contributed by atoms with van der Waals surface area (Å²) < 4.78 is 15.2. The van der Waals surface area contributed by atoms with Crippen LogP contribution in [0.4, 0.5) is 0 Å². The molecule has 7 nitrogen and oxygen atoms in total. The van der Waals surface area contributed by atoms with Crippen molar-refractivity contribution in [3.63, 3.8) is 0 Å². The molecule has 23 heavy (non-hydrogen) atoms. The van der Waals surface area contributed by atoms with Gasteiger partial charge in [0.2, 0.25) is 0 Å². The van der Waals surface area contributed by atoms with Crippen LogP contribution in [-0.4, -0.2) is 51.2 Å². The van der Waals surface area contributed by atoms with E-state index in [-0.39, 0.29) is 25.4 Å². The van der Waals surface area contributed by atoms with E-state index in [1.165, 1.54) is 19.1 Å². The zero-order valence-electron chi connectivity index (χ0n) is 13.5. The van der Waals surface area contributed by atoms with Gasteiger partial charge in [-0.05, 0) is 17.7 Å². The van der Waals surface area contributed by atoms with E-state index in [0.717, 1.165) is 0 Å². The molecule has 0 bridgehead atoms. The Morgan fingerprint density at radius 1 is 1.22 bits per heavy atom. The van der Waals surface area contributed by atoms with Crippen molar-refractivity contribution in [3.8, 4) is 17.6 Å². The van der Waals surface area contributed by atoms with Gasteiger partial charge in [-0.25, -0.2) is 0 Å². The number of carbonyl (C=O) groups excluding carboxylic acids is 2. The van der Waals surface area contributed by atoms with Crippen molar-refractivity contribution in [2.24, 2.45) is 0 Å². The number of ether oxygens (including phenoxy) is 3. The number of hydrogen-bond acceptors (Lipinski definition) is 6. The van der Waals surface area contributed by atoms with Crippen LogP contribution in [0, 0.1) is 11.3 Å². The molecule has 1 rings (SSSR count). The Labute approximate surface area is 135 Å². The van der Waals surface area contributed by atoms with Gasteiger partial charge in [0.1, 0.15) is 0 Å². The maximum absolute atomic E-state index is 11.8. The third kappa shape index (κ3) is 5.87. The van der Waals surface area contributed by atoms with Crippen molar-refractivity contribution in [2.45, 2.75) is 12.8 Å². The molecule has 0 aliphatic carbocycles. The summed E-state index contributed by atoms with van der Waals surface area (Å²) in [4.78, 5) is 24.8. The Morgan fingerprint density at radius 2 is 1.91 bits per heavy atom. The van der Waals surface area contributed by atoms with Crippen LogP contribution in [0.2, 0.25) is 0 Å². The van der Waals surface area contributed by atoms with E-state index < -0.39 is 5.97 Å². The fourth-order valence-corrected chi connectivity index (χ4v) is 1.80. The van der Waals surface area contributed by atoms with Crippen LogP contribution in [0.3, 0.4) is 0 Å². The third-order valence-corrected chi connectivity index (χ3v) is 3.14. The van der Waals surface area contributed by atoms with Gasteiger partial charge in [-0.1, -0.05) is 6.07 Å². The number of nitrogens with zero attached hydrogens (tertiary/aromatic N) is 2. The van der Waals surface area contributed by atoms with Gasteiger partial charge in [0.25, 0.3) is 5.91 Å². The fraction of sp³-hybridized carbons (Fsp3) is 0.438. The Kier molecular flexibility index (Phi) is 7.40. The normalized spacial score (nSPS) is 9.65. The molecule has 7 heteroatoms. The Bertz CT molecular complexity index is 595. The van der Waals surface area contributed by atoms with E-state index in [1.54, 1.807) is 25.2 Å². The molecule has 1 aromatic carbocycles. The predicted molar refractivity (Wildman–Crippen MR) is 82.1 cm³/mol. The first-order valence-corrected chi connectivity index (χ1v) is 6.99. The SMILES string of the molecule is COc1ccc(CC(=O)OCC(=O)N(C)CCC#N)cc1OC. The van der Waals surface area contributed by atoms with E-state index in [0.29, 0.717) is 23.6 Å². The highest BCUT2D eigenvalue weighted by atomic mass is 16.5. The smallest absolute Gasteiger partial charge is 0.310 e. The number of likely N-dealkylation sites (N-methyl/N-ethyl adjacent to an activating group) is 1. The second kappa shape index (κ2) is 9.30. The van der Waals surface area contributed by atoms with Crippen LogP contribution >= 0.6 is 0 Å². The fourth-order valence-electron chi connectivity index (χ4n) is 1.80. The van der Waals surface area contributed by atoms with Crippen molar-refractivity contribution in [1.29, 1.82) is 5.26 Å². The van der Waals surface area contributed by atoms with Crippen LogP contribution in [0.25, 0.3) is 0 Å². The van der Waals surface area contributed by atoms with Crippen LogP contribution in [-0.2, 0) is 20.7 Å². The quantitative estimate of drug-likeness (QED) is 0.668. The number of nitriles is 1. The summed E-state index contributed by atoms with van der Waals surface area (Å²) in [6.45, 7) is -0.0311. The maximum atomic E-state index is 11.8. The lowest BCUT2D eigenvalue weighted by atomic mass is 10.1. The van der Waals surface area contributed by atoms with Gasteiger partial charge in [0.05, 0.1) is 33.1 Å². The summed E-state index contributed by atoms with van der Waals surface area (Å²) in [5, 5.41) is 8.47. The largest absolute Gasteiger partial charge is 0.493 e. The van der Waals surface area contributed by atoms with Crippen LogP contribution in [0.15, 0.2) is 18.2 Å². The molecule has 0 saturated carbocycles. The number of amides is 1. The number of methoxy groups -OCH3 is 2. The first-order valence-electron chi connectivity index (χ1n) is 6.99. The second-order valence-corrected chi connectivity index (χ2v) is 4.75. The Hall–Kier alpha value is -2.75. The molecular weight excluding hydrogens is 300 g/mol. The number of hydrogen-bond donors (Lipinski definition) is 0. The molecule has 1 aromatic rings. The molecule has 0 aliphatic heterocycles. The molecule has 0 spiro atoms. The van der Waals surface area contributed by atoms with Crippen molar-refractivity contribution in [3.05, 3.63) is 23.8 Å². The van der Waals surface area contributed by atoms with Gasteiger partial charge in [-0.3, -0.25) is 9.59 Å². The average molecular weight is 320 g/mol. The number of carbonyl (C=O) groups is 2. The molecule has 124 valence electrons. The first-order chi connectivity index (χ1) is 11.0. The first kappa shape index (κ1) is 18.3. The summed E-state index contributed by atoms with van der Waals surface area (Å²) in [7, 11) is 4.59. The van der Waals surface area contributed by atoms with Gasteiger partial charge in [-0.2, -0.15) is 5.26 Å². The highest BCUT2D eigenvalue weighted by Gasteiger charge is 2.13. The Balaban J connectivity index is 2.51. The van der Waals surface area contributed by atoms with Crippen LogP contribution in [0.5, 0.6) is 11.5 Å². The standard InChI is InChI=1S/C16H20N2O5/c1-18(8-4-7-17)15(19)11-23-16(20)10-12-5-6-13(21-2)14(9-12)22-3/h5-6,9H,4,8,10-11H2,1-3H3. The highest BCUT2D eigenvalue weighted by molar-refractivity contribution is 5.81. The molecule has 0 fully saturated rings. The molecule has 0 radical (unpaired) electrons. The van der Waals surface area contributed by atoms with Crippen molar-refractivity contribution in [1.82, 2.24) is 4.90 Å². The van der Waals surface area contributed by atoms with Gasteiger partial charge >= 0.3 is 5.97 Å². The predicted octanol–water partition coefficient (Wildman–Crippen LogP) is 1.16. The minimum Gasteiger partial charge on any atom is -0.493 e. The van der Waals surface area contributed by atoms with E-state index >= 15 is 0 Å². The van der Waals surface area contributed by atoms with Crippen LogP contribution in [0.1, 0.15) is 12.0 Å². The molecular formula is C16H20N2O5. The van der Waals surface area contributed by atoms with E-state index in [2.05, 4.69) is 0 Å². The summed E-state index contributed by atoms with van der Waals surface area (Å²) in [6, 6.07) is 7.05. The lowest BCUT2D eigenvalue weighted by Crippen LogP contribution is -2.32. The van der Waals surface area contributed by atoms with E-state index in [4.69, 9.17) is 19.5 Å². The molecule has 0 N–H and O–H groups in total. The highest BCUT2D eigenvalue weighted by Crippen LogP contribution is 2.27. The molecule has 1 amide bonds. The summed E-state index contributed by atoms with van der Waals surface area (Å²) >= 11 is 0. The number of rotatable bonds is 8. The van der Waals surface area contributed by atoms with Crippen molar-refractivity contribution >= 4 is 11.9 Å². The molecule has 0 heterocycles. The molecule has 0 atom stereocenters. The van der Waals surface area contributed by atoms with Gasteiger partial charge in [0, 0.05) is 13.6 Å². The molecule has 0 aromatic heterocycles. The average Bonchev–Trinajstić information content (AvgIpc) is 2.57. The second-order valence-electron chi connectivity index (χ2n) is 4.75. The third-order valence-electron chi connectivity index (χ3n) is 3.14. The topological polar surface area (TPSA) is 88.9 Å². The van der Waals surface area contributed by atoms with Crippen molar-refractivity contribution in [2.75, 3.05) is 34.4 Å². The monoisotopic (exact) mass is 320 g/mol. The molecule has 0 unspecified atom stereocenters. The zero-order chi connectivity index (χ0) is 17.2.